The summed E-state index contributed by atoms with van der Waals surface area (Å²) in [6.45, 7) is 0.770. The third-order valence-corrected chi connectivity index (χ3v) is 3.99. The molecule has 3 N–H and O–H groups in total. The Balaban J connectivity index is 0.00000256. The molecular weight excluding hydrogens is 256 g/mol. The van der Waals surface area contributed by atoms with E-state index < -0.39 is 0 Å². The lowest BCUT2D eigenvalue weighted by Crippen LogP contribution is -2.37. The third kappa shape index (κ3) is 8.75. The third-order valence-electron chi connectivity index (χ3n) is 2.94. The average molecular weight is 281 g/mol. The van der Waals surface area contributed by atoms with Crippen molar-refractivity contribution in [2.45, 2.75) is 51.0 Å². The number of carbonyl (C=O) groups excluding carboxylic acids is 1. The van der Waals surface area contributed by atoms with E-state index in [1.807, 2.05) is 11.8 Å². The van der Waals surface area contributed by atoms with E-state index >= 15 is 0 Å². The molecule has 1 aliphatic rings. The van der Waals surface area contributed by atoms with Crippen LogP contribution in [0.2, 0.25) is 0 Å². The molecule has 17 heavy (non-hydrogen) atoms. The molecule has 0 aliphatic carbocycles. The van der Waals surface area contributed by atoms with Crippen LogP contribution in [0.5, 0.6) is 0 Å². The Labute approximate surface area is 115 Å². The van der Waals surface area contributed by atoms with E-state index in [-0.39, 0.29) is 18.3 Å². The molecule has 102 valence electrons. The molecule has 0 aromatic rings. The number of amides is 1. The van der Waals surface area contributed by atoms with Gasteiger partial charge in [0, 0.05) is 12.5 Å². The quantitative estimate of drug-likeness (QED) is 0.704. The van der Waals surface area contributed by atoms with Crippen LogP contribution < -0.4 is 11.1 Å². The molecule has 0 radical (unpaired) electrons. The van der Waals surface area contributed by atoms with E-state index in [1.165, 1.54) is 11.5 Å². The molecule has 0 saturated carbocycles. The van der Waals surface area contributed by atoms with E-state index in [0.29, 0.717) is 12.5 Å². The standard InChI is InChI=1S/C12H24N2OS.ClH/c13-8-4-2-1-3-5-12(15)14-11-6-9-16-10-7-11;/h11H,1-10,13H2,(H,14,15);1H. The lowest BCUT2D eigenvalue weighted by Gasteiger charge is -2.22. The van der Waals surface area contributed by atoms with Gasteiger partial charge in [-0.3, -0.25) is 4.79 Å². The lowest BCUT2D eigenvalue weighted by atomic mass is 10.1. The molecule has 1 fully saturated rings. The number of nitrogens with one attached hydrogen (secondary N) is 1. The maximum absolute atomic E-state index is 11.6. The molecule has 0 aromatic carbocycles. The van der Waals surface area contributed by atoms with Crippen LogP contribution in [0.25, 0.3) is 0 Å². The van der Waals surface area contributed by atoms with Gasteiger partial charge in [-0.25, -0.2) is 0 Å². The fraction of sp³-hybridized carbons (Fsp3) is 0.917. The van der Waals surface area contributed by atoms with Crippen LogP contribution in [0, 0.1) is 0 Å². The van der Waals surface area contributed by atoms with E-state index in [1.54, 1.807) is 0 Å². The normalized spacial score (nSPS) is 16.3. The molecule has 0 atom stereocenters. The Kier molecular flexibility index (Phi) is 11.2. The summed E-state index contributed by atoms with van der Waals surface area (Å²) in [6, 6.07) is 0.442. The minimum Gasteiger partial charge on any atom is -0.353 e. The van der Waals surface area contributed by atoms with Gasteiger partial charge >= 0.3 is 0 Å². The topological polar surface area (TPSA) is 55.1 Å². The van der Waals surface area contributed by atoms with Crippen molar-refractivity contribution in [1.29, 1.82) is 0 Å². The second kappa shape index (κ2) is 11.2. The summed E-state index contributed by atoms with van der Waals surface area (Å²) in [5, 5.41) is 3.13. The number of hydrogen-bond acceptors (Lipinski definition) is 3. The summed E-state index contributed by atoms with van der Waals surface area (Å²) in [5.74, 6) is 2.63. The average Bonchev–Trinajstić information content (AvgIpc) is 2.30. The predicted molar refractivity (Wildman–Crippen MR) is 77.9 cm³/mol. The van der Waals surface area contributed by atoms with Gasteiger partial charge in [-0.15, -0.1) is 12.4 Å². The van der Waals surface area contributed by atoms with Crippen molar-refractivity contribution in [1.82, 2.24) is 5.32 Å². The van der Waals surface area contributed by atoms with Crippen LogP contribution >= 0.6 is 24.2 Å². The Morgan fingerprint density at radius 3 is 2.47 bits per heavy atom. The van der Waals surface area contributed by atoms with Gasteiger partial charge in [0.15, 0.2) is 0 Å². The molecule has 1 heterocycles. The highest BCUT2D eigenvalue weighted by molar-refractivity contribution is 7.99. The Hall–Kier alpha value is 0.0700. The molecule has 1 rings (SSSR count). The molecule has 3 nitrogen and oxygen atoms in total. The van der Waals surface area contributed by atoms with Gasteiger partial charge in [0.25, 0.3) is 0 Å². The summed E-state index contributed by atoms with van der Waals surface area (Å²) in [6.07, 6.45) is 7.35. The van der Waals surface area contributed by atoms with Crippen molar-refractivity contribution in [3.63, 3.8) is 0 Å². The summed E-state index contributed by atoms with van der Waals surface area (Å²) in [7, 11) is 0. The second-order valence-electron chi connectivity index (χ2n) is 4.41. The highest BCUT2D eigenvalue weighted by atomic mass is 35.5. The van der Waals surface area contributed by atoms with Crippen molar-refractivity contribution in [2.75, 3.05) is 18.1 Å². The maximum Gasteiger partial charge on any atom is 0.220 e. The van der Waals surface area contributed by atoms with Crippen LogP contribution in [0.4, 0.5) is 0 Å². The number of hydrogen-bond donors (Lipinski definition) is 2. The van der Waals surface area contributed by atoms with Gasteiger partial charge in [-0.1, -0.05) is 12.8 Å². The Morgan fingerprint density at radius 2 is 1.82 bits per heavy atom. The van der Waals surface area contributed by atoms with Crippen LogP contribution in [0.15, 0.2) is 0 Å². The van der Waals surface area contributed by atoms with E-state index in [4.69, 9.17) is 5.73 Å². The van der Waals surface area contributed by atoms with Crippen LogP contribution in [-0.2, 0) is 4.79 Å². The van der Waals surface area contributed by atoms with E-state index in [0.717, 1.165) is 45.1 Å². The van der Waals surface area contributed by atoms with Gasteiger partial charge in [-0.2, -0.15) is 11.8 Å². The molecular formula is C12H25ClN2OS. The highest BCUT2D eigenvalue weighted by Gasteiger charge is 2.15. The van der Waals surface area contributed by atoms with Crippen LogP contribution in [0.1, 0.15) is 44.9 Å². The Morgan fingerprint density at radius 1 is 1.18 bits per heavy atom. The first kappa shape index (κ1) is 17.1. The fourth-order valence-corrected chi connectivity index (χ4v) is 3.03. The van der Waals surface area contributed by atoms with Gasteiger partial charge in [0.2, 0.25) is 5.91 Å². The molecule has 0 bridgehead atoms. The van der Waals surface area contributed by atoms with Crippen molar-refractivity contribution in [3.8, 4) is 0 Å². The minimum atomic E-state index is 0. The molecule has 0 unspecified atom stereocenters. The largest absolute Gasteiger partial charge is 0.353 e. The van der Waals surface area contributed by atoms with E-state index in [2.05, 4.69) is 5.32 Å². The predicted octanol–water partition coefficient (Wildman–Crippen LogP) is 2.33. The van der Waals surface area contributed by atoms with Gasteiger partial charge < -0.3 is 11.1 Å². The molecule has 0 aromatic heterocycles. The highest BCUT2D eigenvalue weighted by Crippen LogP contribution is 2.17. The molecule has 0 spiro atoms. The first-order valence-electron chi connectivity index (χ1n) is 6.40. The number of thioether (sulfide) groups is 1. The zero-order valence-corrected chi connectivity index (χ0v) is 12.1. The van der Waals surface area contributed by atoms with Crippen molar-refractivity contribution >= 4 is 30.1 Å². The zero-order valence-electron chi connectivity index (χ0n) is 10.5. The fourth-order valence-electron chi connectivity index (χ4n) is 1.93. The first-order valence-corrected chi connectivity index (χ1v) is 7.55. The lowest BCUT2D eigenvalue weighted by molar-refractivity contribution is -0.121. The van der Waals surface area contributed by atoms with Crippen molar-refractivity contribution in [3.05, 3.63) is 0 Å². The summed E-state index contributed by atoms with van der Waals surface area (Å²) >= 11 is 1.99. The smallest absolute Gasteiger partial charge is 0.220 e. The van der Waals surface area contributed by atoms with Crippen molar-refractivity contribution in [2.24, 2.45) is 5.73 Å². The van der Waals surface area contributed by atoms with Gasteiger partial charge in [-0.05, 0) is 43.7 Å². The van der Waals surface area contributed by atoms with Gasteiger partial charge in [0.05, 0.1) is 0 Å². The monoisotopic (exact) mass is 280 g/mol. The number of nitrogens with two attached hydrogens (primary N) is 1. The Bertz CT molecular complexity index is 199. The zero-order chi connectivity index (χ0) is 11.6. The summed E-state index contributed by atoms with van der Waals surface area (Å²) in [4.78, 5) is 11.6. The number of unbranched alkanes of at least 4 members (excludes halogenated alkanes) is 3. The SMILES string of the molecule is Cl.NCCCCCCC(=O)NC1CCSCC1. The van der Waals surface area contributed by atoms with Crippen LogP contribution in [0.3, 0.4) is 0 Å². The molecule has 1 amide bonds. The van der Waals surface area contributed by atoms with E-state index in [9.17, 15) is 4.79 Å². The van der Waals surface area contributed by atoms with Crippen molar-refractivity contribution < 1.29 is 4.79 Å². The summed E-state index contributed by atoms with van der Waals surface area (Å²) in [5.41, 5.74) is 5.41. The number of carbonyl (C=O) groups is 1. The number of halogens is 1. The van der Waals surface area contributed by atoms with Gasteiger partial charge in [0.1, 0.15) is 0 Å². The number of rotatable bonds is 7. The molecule has 5 heteroatoms. The second-order valence-corrected chi connectivity index (χ2v) is 5.63. The maximum atomic E-state index is 11.6. The summed E-state index contributed by atoms with van der Waals surface area (Å²) < 4.78 is 0. The first-order chi connectivity index (χ1) is 7.83. The molecule has 1 saturated heterocycles. The molecule has 1 aliphatic heterocycles. The van der Waals surface area contributed by atoms with Crippen LogP contribution in [-0.4, -0.2) is 30.0 Å². The minimum absolute atomic E-state index is 0.